The van der Waals surface area contributed by atoms with Crippen LogP contribution >= 0.6 is 34.5 Å². The minimum absolute atomic E-state index is 0.0908. The summed E-state index contributed by atoms with van der Waals surface area (Å²) in [6.45, 7) is 1.85. The normalized spacial score (nSPS) is 10.4. The molecule has 2 aromatic rings. The van der Waals surface area contributed by atoms with Crippen LogP contribution in [0.4, 0.5) is 5.00 Å². The van der Waals surface area contributed by atoms with Crippen LogP contribution in [0.15, 0.2) is 24.3 Å². The fourth-order valence-electron chi connectivity index (χ4n) is 1.88. The minimum Gasteiger partial charge on any atom is -0.465 e. The van der Waals surface area contributed by atoms with Crippen LogP contribution in [0.25, 0.3) is 0 Å². The average molecular weight is 358 g/mol. The van der Waals surface area contributed by atoms with Crippen LogP contribution in [0, 0.1) is 6.92 Å². The Bertz CT molecular complexity index is 728. The minimum atomic E-state index is -0.482. The monoisotopic (exact) mass is 357 g/mol. The highest BCUT2D eigenvalue weighted by Crippen LogP contribution is 2.29. The average Bonchev–Trinajstić information content (AvgIpc) is 2.81. The molecule has 0 saturated carbocycles. The number of carbonyl (C=O) groups excluding carboxylic acids is 2. The summed E-state index contributed by atoms with van der Waals surface area (Å²) in [6, 6.07) is 6.64. The molecule has 0 aliphatic rings. The van der Waals surface area contributed by atoms with Crippen molar-refractivity contribution >= 4 is 51.4 Å². The number of nitrogens with one attached hydrogen (secondary N) is 1. The van der Waals surface area contributed by atoms with Crippen molar-refractivity contribution in [2.24, 2.45) is 0 Å². The number of anilines is 1. The standard InChI is InChI=1S/C15H13Cl2NO3S/c1-8-5-11(15(20)21-2)14(22-8)18-13(19)6-9-3-4-10(16)7-12(9)17/h3-5,7H,6H2,1-2H3,(H,18,19). The number of aryl methyl sites for hydroxylation is 1. The second kappa shape index (κ2) is 7.13. The summed E-state index contributed by atoms with van der Waals surface area (Å²) < 4.78 is 4.70. The molecule has 1 aromatic heterocycles. The van der Waals surface area contributed by atoms with Gasteiger partial charge in [0.2, 0.25) is 5.91 Å². The lowest BCUT2D eigenvalue weighted by Crippen LogP contribution is -2.16. The van der Waals surface area contributed by atoms with Crippen LogP contribution < -0.4 is 5.32 Å². The summed E-state index contributed by atoms with van der Waals surface area (Å²) in [5.41, 5.74) is 1.01. The van der Waals surface area contributed by atoms with E-state index in [0.29, 0.717) is 26.2 Å². The van der Waals surface area contributed by atoms with E-state index in [4.69, 9.17) is 27.9 Å². The third-order valence-electron chi connectivity index (χ3n) is 2.88. The van der Waals surface area contributed by atoms with Gasteiger partial charge in [0, 0.05) is 14.9 Å². The fraction of sp³-hybridized carbons (Fsp3) is 0.200. The van der Waals surface area contributed by atoms with E-state index in [9.17, 15) is 9.59 Å². The SMILES string of the molecule is COC(=O)c1cc(C)sc1NC(=O)Cc1ccc(Cl)cc1Cl. The third kappa shape index (κ3) is 4.00. The van der Waals surface area contributed by atoms with E-state index in [1.54, 1.807) is 24.3 Å². The molecule has 1 N–H and O–H groups in total. The number of benzene rings is 1. The molecule has 4 nitrogen and oxygen atoms in total. The molecule has 0 fully saturated rings. The third-order valence-corrected chi connectivity index (χ3v) is 4.43. The van der Waals surface area contributed by atoms with Gasteiger partial charge in [-0.05, 0) is 30.7 Å². The number of esters is 1. The number of thiophene rings is 1. The van der Waals surface area contributed by atoms with Crippen LogP contribution in [-0.2, 0) is 16.0 Å². The largest absolute Gasteiger partial charge is 0.465 e. The van der Waals surface area contributed by atoms with Crippen molar-refractivity contribution in [1.82, 2.24) is 0 Å². The highest BCUT2D eigenvalue weighted by molar-refractivity contribution is 7.16. The van der Waals surface area contributed by atoms with Crippen molar-refractivity contribution in [2.75, 3.05) is 12.4 Å². The Labute approximate surface area is 142 Å². The molecule has 7 heteroatoms. The molecule has 1 amide bonds. The first-order valence-corrected chi connectivity index (χ1v) is 7.90. The Morgan fingerprint density at radius 2 is 2.00 bits per heavy atom. The van der Waals surface area contributed by atoms with E-state index in [1.807, 2.05) is 6.92 Å². The van der Waals surface area contributed by atoms with E-state index in [-0.39, 0.29) is 12.3 Å². The summed E-state index contributed by atoms with van der Waals surface area (Å²) in [7, 11) is 1.30. The first-order valence-electron chi connectivity index (χ1n) is 6.33. The maximum absolute atomic E-state index is 12.1. The highest BCUT2D eigenvalue weighted by atomic mass is 35.5. The molecule has 0 aliphatic carbocycles. The summed E-state index contributed by atoms with van der Waals surface area (Å²) >= 11 is 13.2. The van der Waals surface area contributed by atoms with E-state index in [1.165, 1.54) is 18.4 Å². The maximum Gasteiger partial charge on any atom is 0.340 e. The number of hydrogen-bond acceptors (Lipinski definition) is 4. The lowest BCUT2D eigenvalue weighted by atomic mass is 10.1. The molecular formula is C15H13Cl2NO3S. The smallest absolute Gasteiger partial charge is 0.340 e. The van der Waals surface area contributed by atoms with Crippen molar-refractivity contribution in [3.8, 4) is 0 Å². The van der Waals surface area contributed by atoms with Gasteiger partial charge in [0.1, 0.15) is 5.00 Å². The lowest BCUT2D eigenvalue weighted by molar-refractivity contribution is -0.115. The van der Waals surface area contributed by atoms with Gasteiger partial charge in [0.15, 0.2) is 0 Å². The maximum atomic E-state index is 12.1. The van der Waals surface area contributed by atoms with Gasteiger partial charge < -0.3 is 10.1 Å². The van der Waals surface area contributed by atoms with Gasteiger partial charge in [0.05, 0.1) is 19.1 Å². The summed E-state index contributed by atoms with van der Waals surface area (Å²) in [5, 5.41) is 4.13. The molecule has 2 rings (SSSR count). The fourth-order valence-corrected chi connectivity index (χ4v) is 3.27. The van der Waals surface area contributed by atoms with Gasteiger partial charge >= 0.3 is 5.97 Å². The lowest BCUT2D eigenvalue weighted by Gasteiger charge is -2.07. The zero-order chi connectivity index (χ0) is 16.3. The molecule has 1 aromatic carbocycles. The number of hydrogen-bond donors (Lipinski definition) is 1. The van der Waals surface area contributed by atoms with E-state index < -0.39 is 5.97 Å². The van der Waals surface area contributed by atoms with Crippen LogP contribution in [0.5, 0.6) is 0 Å². The van der Waals surface area contributed by atoms with Crippen LogP contribution in [0.1, 0.15) is 20.8 Å². The highest BCUT2D eigenvalue weighted by Gasteiger charge is 2.17. The number of rotatable bonds is 4. The van der Waals surface area contributed by atoms with Crippen molar-refractivity contribution in [1.29, 1.82) is 0 Å². The van der Waals surface area contributed by atoms with Gasteiger partial charge in [0.25, 0.3) is 0 Å². The predicted molar refractivity (Wildman–Crippen MR) is 89.2 cm³/mol. The summed E-state index contributed by atoms with van der Waals surface area (Å²) in [4.78, 5) is 24.7. The van der Waals surface area contributed by atoms with Gasteiger partial charge in [-0.1, -0.05) is 29.3 Å². The molecule has 116 valence electrons. The summed E-state index contributed by atoms with van der Waals surface area (Å²) in [6.07, 6.45) is 0.0908. The number of halogens is 2. The van der Waals surface area contributed by atoms with Crippen molar-refractivity contribution in [3.05, 3.63) is 50.3 Å². The molecule has 0 aliphatic heterocycles. The molecule has 22 heavy (non-hydrogen) atoms. The Balaban J connectivity index is 2.14. The Kier molecular flexibility index (Phi) is 5.45. The summed E-state index contributed by atoms with van der Waals surface area (Å²) in [5.74, 6) is -0.750. The van der Waals surface area contributed by atoms with E-state index in [0.717, 1.165) is 4.88 Å². The predicted octanol–water partition coefficient (Wildman–Crippen LogP) is 4.33. The van der Waals surface area contributed by atoms with Crippen LogP contribution in [-0.4, -0.2) is 19.0 Å². The second-order valence-corrected chi connectivity index (χ2v) is 6.65. The molecule has 0 radical (unpaired) electrons. The zero-order valence-electron chi connectivity index (χ0n) is 11.9. The van der Waals surface area contributed by atoms with Gasteiger partial charge in [-0.25, -0.2) is 4.79 Å². The number of carbonyl (C=O) groups is 2. The first-order chi connectivity index (χ1) is 10.4. The second-order valence-electron chi connectivity index (χ2n) is 4.55. The number of methoxy groups -OCH3 is 1. The molecule has 0 unspecified atom stereocenters. The van der Waals surface area contributed by atoms with Gasteiger partial charge in [-0.15, -0.1) is 11.3 Å². The molecule has 0 bridgehead atoms. The number of amides is 1. The Morgan fingerprint density at radius 3 is 2.64 bits per heavy atom. The molecule has 0 spiro atoms. The van der Waals surface area contributed by atoms with E-state index in [2.05, 4.69) is 5.32 Å². The van der Waals surface area contributed by atoms with E-state index >= 15 is 0 Å². The van der Waals surface area contributed by atoms with Crippen molar-refractivity contribution in [3.63, 3.8) is 0 Å². The number of ether oxygens (including phenoxy) is 1. The van der Waals surface area contributed by atoms with Gasteiger partial charge in [-0.3, -0.25) is 4.79 Å². The molecular weight excluding hydrogens is 345 g/mol. The van der Waals surface area contributed by atoms with Crippen molar-refractivity contribution < 1.29 is 14.3 Å². The zero-order valence-corrected chi connectivity index (χ0v) is 14.2. The Hall–Kier alpha value is -1.56. The van der Waals surface area contributed by atoms with Crippen molar-refractivity contribution in [2.45, 2.75) is 13.3 Å². The van der Waals surface area contributed by atoms with Crippen LogP contribution in [0.2, 0.25) is 10.0 Å². The first kappa shape index (κ1) is 16.8. The molecule has 0 saturated heterocycles. The topological polar surface area (TPSA) is 55.4 Å². The Morgan fingerprint density at radius 1 is 1.27 bits per heavy atom. The molecule has 0 atom stereocenters. The van der Waals surface area contributed by atoms with Gasteiger partial charge in [-0.2, -0.15) is 0 Å². The van der Waals surface area contributed by atoms with Crippen LogP contribution in [0.3, 0.4) is 0 Å². The quantitative estimate of drug-likeness (QED) is 0.828. The molecule has 1 heterocycles.